The van der Waals surface area contributed by atoms with E-state index in [2.05, 4.69) is 13.8 Å². The smallest absolute Gasteiger partial charge is 0.303 e. The van der Waals surface area contributed by atoms with Crippen LogP contribution in [0.25, 0.3) is 0 Å². The van der Waals surface area contributed by atoms with Crippen molar-refractivity contribution in [2.45, 2.75) is 72.2 Å². The summed E-state index contributed by atoms with van der Waals surface area (Å²) in [6.45, 7) is 9.60. The van der Waals surface area contributed by atoms with Crippen LogP contribution in [0.1, 0.15) is 53.9 Å². The molecular formula is C16H28O4. The summed E-state index contributed by atoms with van der Waals surface area (Å²) >= 11 is 0. The zero-order chi connectivity index (χ0) is 15.5. The largest absolute Gasteiger partial charge is 0.458 e. The fourth-order valence-corrected chi connectivity index (χ4v) is 3.14. The molecule has 0 aromatic heterocycles. The molecule has 0 fully saturated rings. The van der Waals surface area contributed by atoms with E-state index in [1.54, 1.807) is 7.11 Å². The lowest BCUT2D eigenvalue weighted by Gasteiger charge is -2.40. The first kappa shape index (κ1) is 17.2. The first-order chi connectivity index (χ1) is 9.19. The molecule has 0 amide bonds. The standard InChI is InChI=1S/C16H28O4/c1-10(19-6)9-13(18)15-11(2)14(20-12(3)17)7-8-16(15,4)5/h10,13-14,18H,7-9H2,1-6H3. The van der Waals surface area contributed by atoms with E-state index in [-0.39, 0.29) is 23.6 Å². The first-order valence-electron chi connectivity index (χ1n) is 7.28. The van der Waals surface area contributed by atoms with Gasteiger partial charge in [-0.3, -0.25) is 4.79 Å². The minimum Gasteiger partial charge on any atom is -0.458 e. The normalized spacial score (nSPS) is 25.2. The predicted molar refractivity (Wildman–Crippen MR) is 78.4 cm³/mol. The Morgan fingerprint density at radius 3 is 2.60 bits per heavy atom. The van der Waals surface area contributed by atoms with E-state index in [4.69, 9.17) is 9.47 Å². The molecular weight excluding hydrogens is 256 g/mol. The maximum atomic E-state index is 11.2. The van der Waals surface area contributed by atoms with Crippen molar-refractivity contribution in [2.75, 3.05) is 7.11 Å². The van der Waals surface area contributed by atoms with Crippen molar-refractivity contribution in [3.8, 4) is 0 Å². The van der Waals surface area contributed by atoms with Crippen LogP contribution in [0.4, 0.5) is 0 Å². The van der Waals surface area contributed by atoms with E-state index >= 15 is 0 Å². The van der Waals surface area contributed by atoms with Crippen LogP contribution in [-0.4, -0.2) is 36.5 Å². The number of methoxy groups -OCH3 is 1. The van der Waals surface area contributed by atoms with Crippen LogP contribution >= 0.6 is 0 Å². The number of hydrogen-bond acceptors (Lipinski definition) is 4. The number of carbonyl (C=O) groups excluding carboxylic acids is 1. The molecule has 1 N–H and O–H groups in total. The molecule has 0 aromatic rings. The quantitative estimate of drug-likeness (QED) is 0.623. The zero-order valence-electron chi connectivity index (χ0n) is 13.5. The molecule has 1 aliphatic carbocycles. The number of esters is 1. The minimum atomic E-state index is -0.557. The molecule has 1 rings (SSSR count). The third kappa shape index (κ3) is 4.06. The van der Waals surface area contributed by atoms with E-state index in [0.29, 0.717) is 6.42 Å². The van der Waals surface area contributed by atoms with Gasteiger partial charge in [0.15, 0.2) is 0 Å². The van der Waals surface area contributed by atoms with Crippen molar-refractivity contribution in [1.82, 2.24) is 0 Å². The van der Waals surface area contributed by atoms with Gasteiger partial charge in [0.25, 0.3) is 0 Å². The number of rotatable bonds is 5. The Bertz CT molecular complexity index is 384. The summed E-state index contributed by atoms with van der Waals surface area (Å²) < 4.78 is 10.6. The topological polar surface area (TPSA) is 55.8 Å². The van der Waals surface area contributed by atoms with Crippen LogP contribution in [-0.2, 0) is 14.3 Å². The molecule has 116 valence electrons. The highest BCUT2D eigenvalue weighted by atomic mass is 16.5. The van der Waals surface area contributed by atoms with Crippen molar-refractivity contribution in [3.63, 3.8) is 0 Å². The van der Waals surface area contributed by atoms with Gasteiger partial charge >= 0.3 is 5.97 Å². The summed E-state index contributed by atoms with van der Waals surface area (Å²) in [6.07, 6.45) is 1.50. The van der Waals surface area contributed by atoms with Gasteiger partial charge in [-0.25, -0.2) is 0 Å². The summed E-state index contributed by atoms with van der Waals surface area (Å²) in [4.78, 5) is 11.2. The minimum absolute atomic E-state index is 0.00444. The van der Waals surface area contributed by atoms with E-state index in [0.717, 1.165) is 24.0 Å². The summed E-state index contributed by atoms with van der Waals surface area (Å²) in [5.41, 5.74) is 1.92. The van der Waals surface area contributed by atoms with Crippen LogP contribution in [0.3, 0.4) is 0 Å². The Hall–Kier alpha value is -0.870. The molecule has 0 saturated carbocycles. The summed E-state index contributed by atoms with van der Waals surface area (Å²) in [6, 6.07) is 0. The monoisotopic (exact) mass is 284 g/mol. The number of carbonyl (C=O) groups is 1. The fourth-order valence-electron chi connectivity index (χ4n) is 3.14. The zero-order valence-corrected chi connectivity index (χ0v) is 13.5. The average Bonchev–Trinajstić information content (AvgIpc) is 2.32. The predicted octanol–water partition coefficient (Wildman–Crippen LogP) is 2.84. The van der Waals surface area contributed by atoms with E-state index in [9.17, 15) is 9.90 Å². The van der Waals surface area contributed by atoms with Gasteiger partial charge in [0, 0.05) is 20.5 Å². The molecule has 0 aliphatic heterocycles. The highest BCUT2D eigenvalue weighted by Gasteiger charge is 2.38. The van der Waals surface area contributed by atoms with Gasteiger partial charge in [-0.2, -0.15) is 0 Å². The molecule has 4 nitrogen and oxygen atoms in total. The van der Waals surface area contributed by atoms with Crippen LogP contribution in [0.15, 0.2) is 11.1 Å². The molecule has 0 radical (unpaired) electrons. The van der Waals surface area contributed by atoms with Gasteiger partial charge in [0.05, 0.1) is 12.2 Å². The average molecular weight is 284 g/mol. The van der Waals surface area contributed by atoms with Gasteiger partial charge in [0.2, 0.25) is 0 Å². The van der Waals surface area contributed by atoms with Gasteiger partial charge in [-0.05, 0) is 43.3 Å². The molecule has 0 saturated heterocycles. The van der Waals surface area contributed by atoms with E-state index in [1.165, 1.54) is 6.92 Å². The molecule has 0 aromatic carbocycles. The van der Waals surface area contributed by atoms with Crippen molar-refractivity contribution >= 4 is 5.97 Å². The molecule has 0 heterocycles. The lowest BCUT2D eigenvalue weighted by atomic mass is 9.69. The van der Waals surface area contributed by atoms with Crippen molar-refractivity contribution in [3.05, 3.63) is 11.1 Å². The van der Waals surface area contributed by atoms with Crippen LogP contribution in [0.2, 0.25) is 0 Å². The highest BCUT2D eigenvalue weighted by molar-refractivity contribution is 5.66. The molecule has 20 heavy (non-hydrogen) atoms. The van der Waals surface area contributed by atoms with Crippen LogP contribution in [0, 0.1) is 5.41 Å². The van der Waals surface area contributed by atoms with Gasteiger partial charge in [-0.15, -0.1) is 0 Å². The van der Waals surface area contributed by atoms with Crippen molar-refractivity contribution < 1.29 is 19.4 Å². The molecule has 0 spiro atoms. The van der Waals surface area contributed by atoms with Gasteiger partial charge < -0.3 is 14.6 Å². The molecule has 1 aliphatic rings. The Labute approximate surface area is 122 Å². The molecule has 3 unspecified atom stereocenters. The third-order valence-electron chi connectivity index (χ3n) is 4.27. The van der Waals surface area contributed by atoms with E-state index < -0.39 is 6.10 Å². The Morgan fingerprint density at radius 2 is 2.10 bits per heavy atom. The van der Waals surface area contributed by atoms with Crippen LogP contribution in [0.5, 0.6) is 0 Å². The highest BCUT2D eigenvalue weighted by Crippen LogP contribution is 2.43. The second-order valence-corrected chi connectivity index (χ2v) is 6.42. The van der Waals surface area contributed by atoms with E-state index in [1.807, 2.05) is 13.8 Å². The Balaban J connectivity index is 3.02. The maximum Gasteiger partial charge on any atom is 0.303 e. The second kappa shape index (κ2) is 6.72. The second-order valence-electron chi connectivity index (χ2n) is 6.42. The molecule has 4 heteroatoms. The molecule has 3 atom stereocenters. The fraction of sp³-hybridized carbons (Fsp3) is 0.812. The van der Waals surface area contributed by atoms with Gasteiger partial charge in [-0.1, -0.05) is 13.8 Å². The SMILES string of the molecule is COC(C)CC(O)C1=C(C)C(OC(C)=O)CCC1(C)C. The summed E-state index contributed by atoms with van der Waals surface area (Å²) in [7, 11) is 1.65. The third-order valence-corrected chi connectivity index (χ3v) is 4.27. The first-order valence-corrected chi connectivity index (χ1v) is 7.28. The summed E-state index contributed by atoms with van der Waals surface area (Å²) in [5.74, 6) is -0.270. The maximum absolute atomic E-state index is 11.2. The lowest BCUT2D eigenvalue weighted by molar-refractivity contribution is -0.145. The molecule has 0 bridgehead atoms. The van der Waals surface area contributed by atoms with Crippen molar-refractivity contribution in [1.29, 1.82) is 0 Å². The summed E-state index contributed by atoms with van der Waals surface area (Å²) in [5, 5.41) is 10.6. The number of aliphatic hydroxyl groups excluding tert-OH is 1. The lowest BCUT2D eigenvalue weighted by Crippen LogP contribution is -2.36. The Morgan fingerprint density at radius 1 is 1.50 bits per heavy atom. The number of ether oxygens (including phenoxy) is 2. The van der Waals surface area contributed by atoms with Crippen molar-refractivity contribution in [2.24, 2.45) is 5.41 Å². The Kier molecular flexibility index (Phi) is 5.78. The number of hydrogen-bond donors (Lipinski definition) is 1. The van der Waals surface area contributed by atoms with Gasteiger partial charge in [0.1, 0.15) is 6.10 Å². The van der Waals surface area contributed by atoms with Crippen LogP contribution < -0.4 is 0 Å². The number of aliphatic hydroxyl groups is 1.